The predicted octanol–water partition coefficient (Wildman–Crippen LogP) is 0.968. The second-order valence-electron chi connectivity index (χ2n) is 4.94. The number of hydrogen-bond acceptors (Lipinski definition) is 4. The molecule has 0 N–H and O–H groups in total. The molecule has 106 valence electrons. The van der Waals surface area contributed by atoms with Crippen LogP contribution in [0.25, 0.3) is 17.0 Å². The SMILES string of the molecule is CCCn1c(=O)c2c(nc3oc(C)c(C)n32)n(C)c1=O. The molecule has 0 unspecified atom stereocenters. The Labute approximate surface area is 114 Å². The summed E-state index contributed by atoms with van der Waals surface area (Å²) < 4.78 is 9.84. The number of rotatable bonds is 2. The largest absolute Gasteiger partial charge is 0.428 e. The maximum atomic E-state index is 12.6. The quantitative estimate of drug-likeness (QED) is 0.699. The van der Waals surface area contributed by atoms with Crippen LogP contribution in [0, 0.1) is 13.8 Å². The third-order valence-electron chi connectivity index (χ3n) is 3.65. The van der Waals surface area contributed by atoms with Crippen molar-refractivity contribution in [3.8, 4) is 0 Å². The molecule has 3 rings (SSSR count). The first-order valence-corrected chi connectivity index (χ1v) is 6.55. The van der Waals surface area contributed by atoms with E-state index in [1.54, 1.807) is 11.4 Å². The molecule has 0 bridgehead atoms. The predicted molar refractivity (Wildman–Crippen MR) is 74.2 cm³/mol. The lowest BCUT2D eigenvalue weighted by Gasteiger charge is -2.06. The minimum absolute atomic E-state index is 0.318. The Balaban J connectivity index is 2.61. The molecule has 0 aromatic carbocycles. The van der Waals surface area contributed by atoms with Gasteiger partial charge in [-0.05, 0) is 20.3 Å². The van der Waals surface area contributed by atoms with Crippen LogP contribution in [0.5, 0.6) is 0 Å². The Morgan fingerprint density at radius 3 is 2.60 bits per heavy atom. The van der Waals surface area contributed by atoms with Gasteiger partial charge in [0.2, 0.25) is 0 Å². The fraction of sp³-hybridized carbons (Fsp3) is 0.462. The van der Waals surface area contributed by atoms with Crippen molar-refractivity contribution in [3.63, 3.8) is 0 Å². The number of oxazole rings is 1. The zero-order valence-electron chi connectivity index (χ0n) is 11.9. The summed E-state index contributed by atoms with van der Waals surface area (Å²) in [4.78, 5) is 29.0. The smallest absolute Gasteiger partial charge is 0.332 e. The van der Waals surface area contributed by atoms with Crippen molar-refractivity contribution >= 4 is 17.0 Å². The first-order valence-electron chi connectivity index (χ1n) is 6.55. The van der Waals surface area contributed by atoms with Crippen molar-refractivity contribution in [1.29, 1.82) is 0 Å². The van der Waals surface area contributed by atoms with E-state index in [2.05, 4.69) is 4.98 Å². The van der Waals surface area contributed by atoms with E-state index in [4.69, 9.17) is 4.42 Å². The average molecular weight is 276 g/mol. The summed E-state index contributed by atoms with van der Waals surface area (Å²) in [5, 5.41) is 0. The molecule has 7 heteroatoms. The van der Waals surface area contributed by atoms with Gasteiger partial charge in [0.05, 0.1) is 5.69 Å². The maximum absolute atomic E-state index is 12.6. The number of nitrogens with zero attached hydrogens (tertiary/aromatic N) is 4. The first kappa shape index (κ1) is 12.7. The second-order valence-corrected chi connectivity index (χ2v) is 4.94. The molecule has 3 heterocycles. The first-order chi connectivity index (χ1) is 9.47. The zero-order chi connectivity index (χ0) is 14.6. The molecule has 3 aromatic heterocycles. The molecule has 0 aliphatic heterocycles. The Hall–Kier alpha value is -2.31. The third-order valence-corrected chi connectivity index (χ3v) is 3.65. The van der Waals surface area contributed by atoms with Crippen molar-refractivity contribution < 1.29 is 4.42 Å². The number of hydrogen-bond donors (Lipinski definition) is 0. The van der Waals surface area contributed by atoms with Gasteiger partial charge in [-0.2, -0.15) is 4.98 Å². The molecular formula is C13H16N4O3. The molecule has 0 fully saturated rings. The number of aryl methyl sites for hydroxylation is 3. The summed E-state index contributed by atoms with van der Waals surface area (Å²) in [5.74, 6) is 1.06. The highest BCUT2D eigenvalue weighted by molar-refractivity contribution is 5.75. The highest BCUT2D eigenvalue weighted by Gasteiger charge is 2.20. The molecular weight excluding hydrogens is 260 g/mol. The van der Waals surface area contributed by atoms with Gasteiger partial charge in [0.15, 0.2) is 11.2 Å². The van der Waals surface area contributed by atoms with Crippen molar-refractivity contribution in [3.05, 3.63) is 32.3 Å². The average Bonchev–Trinajstić information content (AvgIpc) is 2.91. The Kier molecular flexibility index (Phi) is 2.60. The highest BCUT2D eigenvalue weighted by Crippen LogP contribution is 2.19. The maximum Gasteiger partial charge on any atom is 0.332 e. The van der Waals surface area contributed by atoms with Crippen LogP contribution in [0.1, 0.15) is 24.8 Å². The van der Waals surface area contributed by atoms with Crippen molar-refractivity contribution in [2.45, 2.75) is 33.7 Å². The lowest BCUT2D eigenvalue weighted by Crippen LogP contribution is -2.39. The molecule has 0 saturated carbocycles. The molecule has 3 aromatic rings. The molecule has 7 nitrogen and oxygen atoms in total. The Bertz CT molecular complexity index is 939. The summed E-state index contributed by atoms with van der Waals surface area (Å²) in [6, 6.07) is 0. The number of fused-ring (bicyclic) bond motifs is 3. The van der Waals surface area contributed by atoms with E-state index in [0.717, 1.165) is 5.69 Å². The van der Waals surface area contributed by atoms with E-state index in [9.17, 15) is 9.59 Å². The van der Waals surface area contributed by atoms with E-state index < -0.39 is 0 Å². The van der Waals surface area contributed by atoms with Crippen LogP contribution in [-0.2, 0) is 13.6 Å². The Morgan fingerprint density at radius 2 is 1.95 bits per heavy atom. The van der Waals surface area contributed by atoms with Gasteiger partial charge in [-0.3, -0.25) is 18.3 Å². The summed E-state index contributed by atoms with van der Waals surface area (Å²) in [6.07, 6.45) is 0.714. The molecule has 0 atom stereocenters. The molecule has 0 amide bonds. The summed E-state index contributed by atoms with van der Waals surface area (Å²) >= 11 is 0. The van der Waals surface area contributed by atoms with Crippen LogP contribution in [0.2, 0.25) is 0 Å². The molecule has 0 aliphatic rings. The fourth-order valence-electron chi connectivity index (χ4n) is 2.47. The number of imidazole rings is 1. The van der Waals surface area contributed by atoms with Crippen LogP contribution >= 0.6 is 0 Å². The lowest BCUT2D eigenvalue weighted by molar-refractivity contribution is 0.560. The van der Waals surface area contributed by atoms with Crippen molar-refractivity contribution in [2.24, 2.45) is 7.05 Å². The van der Waals surface area contributed by atoms with Crippen molar-refractivity contribution in [2.75, 3.05) is 0 Å². The fourth-order valence-corrected chi connectivity index (χ4v) is 2.47. The van der Waals surface area contributed by atoms with Crippen LogP contribution in [0.4, 0.5) is 0 Å². The van der Waals surface area contributed by atoms with Crippen LogP contribution in [-0.4, -0.2) is 18.5 Å². The van der Waals surface area contributed by atoms with Gasteiger partial charge < -0.3 is 4.42 Å². The summed E-state index contributed by atoms with van der Waals surface area (Å²) in [7, 11) is 1.62. The molecule has 0 spiro atoms. The van der Waals surface area contributed by atoms with Gasteiger partial charge in [0.1, 0.15) is 5.76 Å². The van der Waals surface area contributed by atoms with Gasteiger partial charge in [0, 0.05) is 13.6 Å². The monoisotopic (exact) mass is 276 g/mol. The van der Waals surface area contributed by atoms with E-state index in [1.165, 1.54) is 9.13 Å². The molecule has 0 saturated heterocycles. The van der Waals surface area contributed by atoms with Crippen molar-refractivity contribution in [1.82, 2.24) is 18.5 Å². The van der Waals surface area contributed by atoms with Gasteiger partial charge in [-0.15, -0.1) is 0 Å². The van der Waals surface area contributed by atoms with Gasteiger partial charge in [0.25, 0.3) is 5.56 Å². The van der Waals surface area contributed by atoms with Gasteiger partial charge in [-0.1, -0.05) is 6.92 Å². The molecule has 20 heavy (non-hydrogen) atoms. The van der Waals surface area contributed by atoms with Crippen LogP contribution < -0.4 is 11.2 Å². The minimum Gasteiger partial charge on any atom is -0.428 e. The molecule has 0 aliphatic carbocycles. The lowest BCUT2D eigenvalue weighted by atomic mass is 10.4. The zero-order valence-corrected chi connectivity index (χ0v) is 11.9. The molecule has 0 radical (unpaired) electrons. The van der Waals surface area contributed by atoms with Gasteiger partial charge in [-0.25, -0.2) is 4.79 Å². The summed E-state index contributed by atoms with van der Waals surface area (Å²) in [5.41, 5.74) is 0.904. The minimum atomic E-state index is -0.348. The topological polar surface area (TPSA) is 74.4 Å². The van der Waals surface area contributed by atoms with Gasteiger partial charge >= 0.3 is 11.5 Å². The van der Waals surface area contributed by atoms with Crippen LogP contribution in [0.15, 0.2) is 14.0 Å². The normalized spacial score (nSPS) is 11.8. The second kappa shape index (κ2) is 4.09. The van der Waals surface area contributed by atoms with E-state index in [1.807, 2.05) is 20.8 Å². The third kappa shape index (κ3) is 1.43. The highest BCUT2D eigenvalue weighted by atomic mass is 16.4. The van der Waals surface area contributed by atoms with E-state index in [-0.39, 0.29) is 11.2 Å². The van der Waals surface area contributed by atoms with E-state index >= 15 is 0 Å². The van der Waals surface area contributed by atoms with E-state index in [0.29, 0.717) is 35.7 Å². The Morgan fingerprint density at radius 1 is 1.25 bits per heavy atom. The summed E-state index contributed by atoms with van der Waals surface area (Å²) in [6.45, 7) is 6.00. The van der Waals surface area contributed by atoms with Crippen LogP contribution in [0.3, 0.4) is 0 Å². The number of aromatic nitrogens is 4. The standard InChI is InChI=1S/C13H16N4O3/c1-5-6-16-11(18)9-10(15(4)13(16)19)14-12-17(9)7(2)8(3)20-12/h5-6H2,1-4H3.